The van der Waals surface area contributed by atoms with Crippen LogP contribution in [0.1, 0.15) is 39.6 Å². The van der Waals surface area contributed by atoms with Gasteiger partial charge in [-0.2, -0.15) is 0 Å². The quantitative estimate of drug-likeness (QED) is 0.732. The molecule has 0 aliphatic heterocycles. The van der Waals surface area contributed by atoms with Crippen molar-refractivity contribution in [1.29, 1.82) is 0 Å². The molecule has 0 aliphatic carbocycles. The Labute approximate surface area is 136 Å². The Bertz CT molecular complexity index is 649. The highest BCUT2D eigenvalue weighted by Gasteiger charge is 2.12. The van der Waals surface area contributed by atoms with E-state index in [1.165, 1.54) is 6.07 Å². The Morgan fingerprint density at radius 3 is 2.04 bits per heavy atom. The second-order valence-electron chi connectivity index (χ2n) is 5.09. The first-order valence-electron chi connectivity index (χ1n) is 7.69. The van der Waals surface area contributed by atoms with Crippen LogP contribution in [0.15, 0.2) is 54.6 Å². The summed E-state index contributed by atoms with van der Waals surface area (Å²) in [4.78, 5) is 23.9. The third-order valence-corrected chi connectivity index (χ3v) is 3.24. The molecule has 0 aliphatic rings. The Balaban J connectivity index is 1.90. The smallest absolute Gasteiger partial charge is 0.338 e. The maximum absolute atomic E-state index is 12.0. The summed E-state index contributed by atoms with van der Waals surface area (Å²) in [6.45, 7) is 2.59. The zero-order chi connectivity index (χ0) is 16.5. The second-order valence-corrected chi connectivity index (χ2v) is 5.09. The molecule has 0 unspecified atom stereocenters. The number of hydrogen-bond donors (Lipinski definition) is 0. The molecule has 0 saturated carbocycles. The Morgan fingerprint density at radius 2 is 1.43 bits per heavy atom. The molecule has 0 radical (unpaired) electrons. The monoisotopic (exact) mass is 312 g/mol. The van der Waals surface area contributed by atoms with Crippen molar-refractivity contribution < 1.29 is 19.1 Å². The number of carbonyl (C=O) groups is 2. The lowest BCUT2D eigenvalue weighted by atomic mass is 10.1. The van der Waals surface area contributed by atoms with Crippen molar-refractivity contribution in [3.63, 3.8) is 0 Å². The van der Waals surface area contributed by atoms with Gasteiger partial charge in [0.1, 0.15) is 0 Å². The highest BCUT2D eigenvalue weighted by Crippen LogP contribution is 2.09. The van der Waals surface area contributed by atoms with Crippen LogP contribution < -0.4 is 0 Å². The van der Waals surface area contributed by atoms with E-state index in [4.69, 9.17) is 9.47 Å². The SMILES string of the molecule is CCCOC(=O)c1cccc(C(=O)OCCc2ccccc2)c1. The Hall–Kier alpha value is -2.62. The Kier molecular flexibility index (Phi) is 6.36. The van der Waals surface area contributed by atoms with Crippen LogP contribution in [0.25, 0.3) is 0 Å². The maximum Gasteiger partial charge on any atom is 0.338 e. The molecule has 2 aromatic carbocycles. The van der Waals surface area contributed by atoms with Crippen molar-refractivity contribution in [3.8, 4) is 0 Å². The first-order valence-corrected chi connectivity index (χ1v) is 7.69. The fourth-order valence-corrected chi connectivity index (χ4v) is 2.04. The Morgan fingerprint density at radius 1 is 0.826 bits per heavy atom. The maximum atomic E-state index is 12.0. The molecule has 4 heteroatoms. The molecule has 0 fully saturated rings. The molecule has 23 heavy (non-hydrogen) atoms. The minimum atomic E-state index is -0.439. The molecule has 0 atom stereocenters. The molecule has 2 aromatic rings. The van der Waals surface area contributed by atoms with Crippen LogP contribution in [0.3, 0.4) is 0 Å². The number of hydrogen-bond acceptors (Lipinski definition) is 4. The predicted molar refractivity (Wildman–Crippen MR) is 87.4 cm³/mol. The van der Waals surface area contributed by atoms with Crippen molar-refractivity contribution in [2.24, 2.45) is 0 Å². The van der Waals surface area contributed by atoms with Crippen LogP contribution in [0.4, 0.5) is 0 Å². The van der Waals surface area contributed by atoms with Crippen LogP contribution in [0.2, 0.25) is 0 Å². The largest absolute Gasteiger partial charge is 0.462 e. The summed E-state index contributed by atoms with van der Waals surface area (Å²) in [5.41, 5.74) is 1.82. The third kappa shape index (κ3) is 5.25. The van der Waals surface area contributed by atoms with Crippen LogP contribution in [0.5, 0.6) is 0 Å². The van der Waals surface area contributed by atoms with Gasteiger partial charge in [0.15, 0.2) is 0 Å². The van der Waals surface area contributed by atoms with Gasteiger partial charge in [-0.25, -0.2) is 9.59 Å². The van der Waals surface area contributed by atoms with Gasteiger partial charge in [-0.15, -0.1) is 0 Å². The molecule has 4 nitrogen and oxygen atoms in total. The molecule has 0 saturated heterocycles. The van der Waals surface area contributed by atoms with E-state index in [2.05, 4.69) is 0 Å². The lowest BCUT2D eigenvalue weighted by molar-refractivity contribution is 0.0504. The van der Waals surface area contributed by atoms with E-state index in [1.54, 1.807) is 18.2 Å². The van der Waals surface area contributed by atoms with Gasteiger partial charge in [0.2, 0.25) is 0 Å². The van der Waals surface area contributed by atoms with E-state index >= 15 is 0 Å². The molecule has 0 aromatic heterocycles. The van der Waals surface area contributed by atoms with Crippen LogP contribution in [-0.2, 0) is 15.9 Å². The summed E-state index contributed by atoms with van der Waals surface area (Å²) in [6, 6.07) is 16.2. The lowest BCUT2D eigenvalue weighted by Gasteiger charge is -2.07. The van der Waals surface area contributed by atoms with E-state index in [0.29, 0.717) is 30.8 Å². The van der Waals surface area contributed by atoms with E-state index < -0.39 is 11.9 Å². The summed E-state index contributed by atoms with van der Waals surface area (Å²) in [6.07, 6.45) is 1.41. The van der Waals surface area contributed by atoms with Gasteiger partial charge in [0.25, 0.3) is 0 Å². The summed E-state index contributed by atoms with van der Waals surface area (Å²) in [5.74, 6) is -0.864. The van der Waals surface area contributed by atoms with Crippen LogP contribution in [-0.4, -0.2) is 25.2 Å². The second kappa shape index (κ2) is 8.73. The molecule has 0 amide bonds. The minimum absolute atomic E-state index is 0.299. The standard InChI is InChI=1S/C19H20O4/c1-2-12-22-18(20)16-9-6-10-17(14-16)19(21)23-13-11-15-7-4-3-5-8-15/h3-10,14H,2,11-13H2,1H3. The topological polar surface area (TPSA) is 52.6 Å². The first-order chi connectivity index (χ1) is 11.2. The average molecular weight is 312 g/mol. The average Bonchev–Trinajstić information content (AvgIpc) is 2.60. The van der Waals surface area contributed by atoms with Crippen molar-refractivity contribution in [2.75, 3.05) is 13.2 Å². The van der Waals surface area contributed by atoms with Crippen molar-refractivity contribution in [1.82, 2.24) is 0 Å². The van der Waals surface area contributed by atoms with E-state index in [1.807, 2.05) is 37.3 Å². The lowest BCUT2D eigenvalue weighted by Crippen LogP contribution is -2.11. The summed E-state index contributed by atoms with van der Waals surface area (Å²) in [7, 11) is 0. The molecular formula is C19H20O4. The van der Waals surface area contributed by atoms with E-state index in [0.717, 1.165) is 12.0 Å². The summed E-state index contributed by atoms with van der Waals surface area (Å²) < 4.78 is 10.3. The number of rotatable bonds is 7. The molecule has 0 spiro atoms. The number of carbonyl (C=O) groups excluding carboxylic acids is 2. The zero-order valence-corrected chi connectivity index (χ0v) is 13.2. The van der Waals surface area contributed by atoms with Crippen LogP contribution in [0, 0.1) is 0 Å². The fourth-order valence-electron chi connectivity index (χ4n) is 2.04. The minimum Gasteiger partial charge on any atom is -0.462 e. The van der Waals surface area contributed by atoms with Gasteiger partial charge >= 0.3 is 11.9 Å². The number of benzene rings is 2. The van der Waals surface area contributed by atoms with Gasteiger partial charge in [0.05, 0.1) is 24.3 Å². The number of esters is 2. The summed E-state index contributed by atoms with van der Waals surface area (Å²) in [5, 5.41) is 0. The van der Waals surface area contributed by atoms with Gasteiger partial charge in [-0.05, 0) is 30.2 Å². The number of ether oxygens (including phenoxy) is 2. The summed E-state index contributed by atoms with van der Waals surface area (Å²) >= 11 is 0. The highest BCUT2D eigenvalue weighted by atomic mass is 16.5. The third-order valence-electron chi connectivity index (χ3n) is 3.24. The molecule has 0 heterocycles. The zero-order valence-electron chi connectivity index (χ0n) is 13.2. The predicted octanol–water partition coefficient (Wildman–Crippen LogP) is 3.65. The van der Waals surface area contributed by atoms with Crippen molar-refractivity contribution in [3.05, 3.63) is 71.3 Å². The molecule has 2 rings (SSSR count). The van der Waals surface area contributed by atoms with Crippen LogP contribution >= 0.6 is 0 Å². The highest BCUT2D eigenvalue weighted by molar-refractivity contribution is 5.95. The fraction of sp³-hybridized carbons (Fsp3) is 0.263. The van der Waals surface area contributed by atoms with Gasteiger partial charge in [0, 0.05) is 6.42 Å². The first kappa shape index (κ1) is 16.7. The van der Waals surface area contributed by atoms with Gasteiger partial charge in [-0.3, -0.25) is 0 Å². The van der Waals surface area contributed by atoms with Gasteiger partial charge < -0.3 is 9.47 Å². The molecule has 0 N–H and O–H groups in total. The van der Waals surface area contributed by atoms with Gasteiger partial charge in [-0.1, -0.05) is 43.3 Å². The normalized spacial score (nSPS) is 10.1. The van der Waals surface area contributed by atoms with Crippen molar-refractivity contribution >= 4 is 11.9 Å². The molecule has 120 valence electrons. The van der Waals surface area contributed by atoms with E-state index in [-0.39, 0.29) is 0 Å². The van der Waals surface area contributed by atoms with E-state index in [9.17, 15) is 9.59 Å². The molecule has 0 bridgehead atoms. The van der Waals surface area contributed by atoms with Crippen molar-refractivity contribution in [2.45, 2.75) is 19.8 Å². The molecular weight excluding hydrogens is 292 g/mol.